The highest BCUT2D eigenvalue weighted by Gasteiger charge is 2.35. The molecule has 2 rings (SSSR count). The van der Waals surface area contributed by atoms with Crippen molar-refractivity contribution in [2.24, 2.45) is 5.73 Å². The molecule has 0 unspecified atom stereocenters. The van der Waals surface area contributed by atoms with E-state index < -0.39 is 12.2 Å². The Labute approximate surface area is 115 Å². The van der Waals surface area contributed by atoms with Crippen molar-refractivity contribution in [1.82, 2.24) is 10.9 Å². The third-order valence-corrected chi connectivity index (χ3v) is 2.72. The molecule has 0 radical (unpaired) electrons. The Morgan fingerprint density at radius 3 is 2.74 bits per heavy atom. The van der Waals surface area contributed by atoms with Gasteiger partial charge in [0.25, 0.3) is 0 Å². The average molecular weight is 283 g/mol. The Balaban J connectivity index is 2.37. The van der Waals surface area contributed by atoms with Crippen LogP contribution in [0.3, 0.4) is 0 Å². The predicted octanol–water partition coefficient (Wildman–Crippen LogP) is 0.211. The smallest absolute Gasteiger partial charge is 0.344 e. The summed E-state index contributed by atoms with van der Waals surface area (Å²) in [6, 6.07) is 3.40. The van der Waals surface area contributed by atoms with E-state index in [1.54, 1.807) is 12.1 Å². The molecule has 0 aliphatic carbocycles. The number of hydrogen-bond acceptors (Lipinski definition) is 6. The van der Waals surface area contributed by atoms with Gasteiger partial charge in [0.15, 0.2) is 22.8 Å². The quantitative estimate of drug-likeness (QED) is 0.410. The van der Waals surface area contributed by atoms with E-state index in [2.05, 4.69) is 23.1 Å². The average Bonchev–Trinajstić information content (AvgIpc) is 2.72. The molecule has 0 amide bonds. The van der Waals surface area contributed by atoms with E-state index in [1.807, 2.05) is 0 Å². The molecule has 102 valence electrons. The Hall–Kier alpha value is -2.06. The van der Waals surface area contributed by atoms with Crippen LogP contribution < -0.4 is 26.1 Å². The molecule has 4 N–H and O–H groups in total. The minimum atomic E-state index is -0.691. The van der Waals surface area contributed by atoms with Crippen LogP contribution in [0.25, 0.3) is 0 Å². The topological polar surface area (TPSA) is 94.8 Å². The molecule has 0 bridgehead atoms. The normalized spacial score (nSPS) is 16.5. The van der Waals surface area contributed by atoms with Crippen LogP contribution in [0, 0.1) is 0 Å². The molecule has 0 saturated heterocycles. The summed E-state index contributed by atoms with van der Waals surface area (Å²) in [7, 11) is 2.95. The van der Waals surface area contributed by atoms with E-state index in [0.717, 1.165) is 0 Å². The molecule has 0 spiro atoms. The summed E-state index contributed by atoms with van der Waals surface area (Å²) in [5.41, 5.74) is 11.5. The van der Waals surface area contributed by atoms with Crippen LogP contribution in [0.2, 0.25) is 0 Å². The van der Waals surface area contributed by atoms with Gasteiger partial charge in [-0.3, -0.25) is 5.43 Å². The van der Waals surface area contributed by atoms with E-state index in [1.165, 1.54) is 14.2 Å². The number of benzene rings is 1. The number of hydrogen-bond donors (Lipinski definition) is 3. The number of nitrogens with one attached hydrogen (secondary N) is 2. The van der Waals surface area contributed by atoms with E-state index in [9.17, 15) is 4.79 Å². The molecule has 7 nitrogen and oxygen atoms in total. The lowest BCUT2D eigenvalue weighted by atomic mass is 10.1. The van der Waals surface area contributed by atoms with Crippen LogP contribution in [0.15, 0.2) is 12.1 Å². The Morgan fingerprint density at radius 2 is 2.16 bits per heavy atom. The lowest BCUT2D eigenvalue weighted by molar-refractivity contribution is 0.0287. The third-order valence-electron chi connectivity index (χ3n) is 2.62. The fourth-order valence-electron chi connectivity index (χ4n) is 1.84. The highest BCUT2D eigenvalue weighted by Crippen LogP contribution is 2.40. The molecule has 0 aromatic heterocycles. The van der Waals surface area contributed by atoms with E-state index in [0.29, 0.717) is 22.6 Å². The van der Waals surface area contributed by atoms with Crippen molar-refractivity contribution in [2.45, 2.75) is 6.23 Å². The maximum absolute atomic E-state index is 11.9. The molecule has 1 atom stereocenters. The van der Waals surface area contributed by atoms with Crippen molar-refractivity contribution >= 4 is 23.3 Å². The molecule has 1 aliphatic rings. The van der Waals surface area contributed by atoms with E-state index in [-0.39, 0.29) is 5.11 Å². The summed E-state index contributed by atoms with van der Waals surface area (Å²) in [5.74, 6) is 0.291. The van der Waals surface area contributed by atoms with Gasteiger partial charge in [0, 0.05) is 5.56 Å². The number of nitrogens with two attached hydrogens (primary N) is 1. The zero-order valence-corrected chi connectivity index (χ0v) is 11.2. The summed E-state index contributed by atoms with van der Waals surface area (Å²) in [6.07, 6.45) is -0.691. The number of rotatable bonds is 4. The Bertz CT molecular complexity index is 535. The molecule has 0 saturated carbocycles. The van der Waals surface area contributed by atoms with Crippen molar-refractivity contribution in [3.8, 4) is 11.5 Å². The fraction of sp³-hybridized carbons (Fsp3) is 0.273. The second kappa shape index (κ2) is 5.29. The number of cyclic esters (lactones) is 1. The van der Waals surface area contributed by atoms with Gasteiger partial charge in [0.1, 0.15) is 5.56 Å². The van der Waals surface area contributed by atoms with E-state index >= 15 is 0 Å². The lowest BCUT2D eigenvalue weighted by Gasteiger charge is -2.14. The molecule has 1 aromatic rings. The maximum atomic E-state index is 11.9. The molecule has 8 heteroatoms. The molecule has 19 heavy (non-hydrogen) atoms. The molecular formula is C11H13N3O4S. The zero-order valence-electron chi connectivity index (χ0n) is 10.4. The number of ether oxygens (including phenoxy) is 3. The number of methoxy groups -OCH3 is 2. The molecule has 0 fully saturated rings. The number of thiocarbonyl (C=S) groups is 1. The predicted molar refractivity (Wildman–Crippen MR) is 70.8 cm³/mol. The second-order valence-corrected chi connectivity index (χ2v) is 4.12. The molecule has 1 aliphatic heterocycles. The maximum Gasteiger partial charge on any atom is 0.344 e. The van der Waals surface area contributed by atoms with Gasteiger partial charge in [0.05, 0.1) is 14.2 Å². The van der Waals surface area contributed by atoms with Gasteiger partial charge in [-0.25, -0.2) is 4.79 Å². The SMILES string of the molecule is COc1ccc2c(c1OC)C(=O)O[C@@H]2NNC(N)=S. The number of carbonyl (C=O) groups is 1. The summed E-state index contributed by atoms with van der Waals surface area (Å²) in [6.45, 7) is 0. The first-order chi connectivity index (χ1) is 9.08. The molecular weight excluding hydrogens is 270 g/mol. The lowest BCUT2D eigenvalue weighted by Crippen LogP contribution is -2.42. The summed E-state index contributed by atoms with van der Waals surface area (Å²) < 4.78 is 15.5. The first kappa shape index (κ1) is 13.4. The number of carbonyl (C=O) groups excluding carboxylic acids is 1. The standard InChI is InChI=1S/C11H13N3O4S/c1-16-6-4-3-5-7(8(6)17-2)10(15)18-9(5)13-14-11(12)19/h3-4,9,13H,1-2H3,(H3,12,14,19)/t9-/m0/s1. The van der Waals surface area contributed by atoms with Crippen LogP contribution in [-0.2, 0) is 4.74 Å². The van der Waals surface area contributed by atoms with Crippen LogP contribution in [0.5, 0.6) is 11.5 Å². The van der Waals surface area contributed by atoms with Crippen molar-refractivity contribution in [3.05, 3.63) is 23.3 Å². The van der Waals surface area contributed by atoms with Gasteiger partial charge < -0.3 is 19.9 Å². The third kappa shape index (κ3) is 2.40. The minimum Gasteiger partial charge on any atom is -0.493 e. The Morgan fingerprint density at radius 1 is 1.42 bits per heavy atom. The van der Waals surface area contributed by atoms with Gasteiger partial charge >= 0.3 is 5.97 Å². The van der Waals surface area contributed by atoms with Crippen LogP contribution in [0.4, 0.5) is 0 Å². The Kier molecular flexibility index (Phi) is 3.72. The van der Waals surface area contributed by atoms with Crippen molar-refractivity contribution in [2.75, 3.05) is 14.2 Å². The van der Waals surface area contributed by atoms with Gasteiger partial charge in [0.2, 0.25) is 0 Å². The molecule has 1 aromatic carbocycles. The van der Waals surface area contributed by atoms with Gasteiger partial charge in [-0.15, -0.1) is 0 Å². The van der Waals surface area contributed by atoms with Gasteiger partial charge in [-0.2, -0.15) is 5.43 Å². The van der Waals surface area contributed by atoms with Gasteiger partial charge in [-0.1, -0.05) is 0 Å². The largest absolute Gasteiger partial charge is 0.493 e. The minimum absolute atomic E-state index is 0.0463. The van der Waals surface area contributed by atoms with Crippen molar-refractivity contribution in [3.63, 3.8) is 0 Å². The molecule has 1 heterocycles. The van der Waals surface area contributed by atoms with E-state index in [4.69, 9.17) is 19.9 Å². The number of hydrazine groups is 1. The number of fused-ring (bicyclic) bond motifs is 1. The van der Waals surface area contributed by atoms with Crippen molar-refractivity contribution in [1.29, 1.82) is 0 Å². The monoisotopic (exact) mass is 283 g/mol. The fourth-order valence-corrected chi connectivity index (χ4v) is 1.90. The number of esters is 1. The zero-order chi connectivity index (χ0) is 14.0. The summed E-state index contributed by atoms with van der Waals surface area (Å²) >= 11 is 4.67. The second-order valence-electron chi connectivity index (χ2n) is 3.68. The summed E-state index contributed by atoms with van der Waals surface area (Å²) in [5, 5.41) is 0.0463. The van der Waals surface area contributed by atoms with Crippen LogP contribution in [-0.4, -0.2) is 25.3 Å². The highest BCUT2D eigenvalue weighted by atomic mass is 32.1. The van der Waals surface area contributed by atoms with Crippen LogP contribution in [0.1, 0.15) is 22.1 Å². The van der Waals surface area contributed by atoms with Crippen molar-refractivity contribution < 1.29 is 19.0 Å². The first-order valence-electron chi connectivity index (χ1n) is 5.35. The first-order valence-corrected chi connectivity index (χ1v) is 5.76. The summed E-state index contributed by atoms with van der Waals surface area (Å²) in [4.78, 5) is 11.9. The van der Waals surface area contributed by atoms with Gasteiger partial charge in [-0.05, 0) is 24.4 Å². The highest BCUT2D eigenvalue weighted by molar-refractivity contribution is 7.80. The van der Waals surface area contributed by atoms with Crippen LogP contribution >= 0.6 is 12.2 Å².